The van der Waals surface area contributed by atoms with E-state index in [-0.39, 0.29) is 29.9 Å². The molecule has 3 aromatic carbocycles. The topological polar surface area (TPSA) is 410 Å². The fraction of sp³-hybridized carbons (Fsp3) is 0.491. The number of nitrogens with zero attached hydrogens (tertiary/aromatic N) is 4. The van der Waals surface area contributed by atoms with Crippen molar-refractivity contribution in [2.24, 2.45) is 11.5 Å². The maximum Gasteiger partial charge on any atom is 0.408 e. The van der Waals surface area contributed by atoms with Gasteiger partial charge in [-0.3, -0.25) is 9.59 Å². The number of carboxylic acid groups (broad SMARTS) is 1. The predicted molar refractivity (Wildman–Crippen MR) is 303 cm³/mol. The number of alkyl carbamates (subject to hydrolysis) is 1. The van der Waals surface area contributed by atoms with Crippen LogP contribution < -0.4 is 43.4 Å². The third kappa shape index (κ3) is 21.0. The minimum Gasteiger partial charge on any atom is -0.480 e. The number of carbonyl (C=O) groups excluding carboxylic acids is 6. The molecule has 27 heteroatoms. The first-order valence-corrected chi connectivity index (χ1v) is 27.0. The highest BCUT2D eigenvalue weighted by Crippen LogP contribution is 2.37. The second-order valence-corrected chi connectivity index (χ2v) is 22.5. The Balaban J connectivity index is 0.000000505. The van der Waals surface area contributed by atoms with Crippen LogP contribution in [0.3, 0.4) is 0 Å². The van der Waals surface area contributed by atoms with E-state index in [0.29, 0.717) is 6.42 Å². The largest absolute Gasteiger partial charge is 0.480 e. The zero-order valence-electron chi connectivity index (χ0n) is 49.3. The van der Waals surface area contributed by atoms with E-state index in [1.165, 1.54) is 6.92 Å². The van der Waals surface area contributed by atoms with Crippen molar-refractivity contribution in [1.82, 2.24) is 52.2 Å². The number of hydrogen-bond acceptors (Lipinski definition) is 19. The van der Waals surface area contributed by atoms with Crippen molar-refractivity contribution in [3.8, 4) is 0 Å². The molecule has 458 valence electrons. The second kappa shape index (κ2) is 30.1. The molecular formula is C57H80N12O15. The van der Waals surface area contributed by atoms with Gasteiger partial charge in [0.2, 0.25) is 23.6 Å². The highest BCUT2D eigenvalue weighted by molar-refractivity contribution is 5.86. The summed E-state index contributed by atoms with van der Waals surface area (Å²) >= 11 is 0. The van der Waals surface area contributed by atoms with Crippen LogP contribution in [0.15, 0.2) is 100 Å². The van der Waals surface area contributed by atoms with Crippen LogP contribution in [0.25, 0.3) is 0 Å². The molecule has 2 heterocycles. The molecule has 27 nitrogen and oxygen atoms in total. The minimum absolute atomic E-state index is 0.0343. The zero-order chi connectivity index (χ0) is 62.7. The van der Waals surface area contributed by atoms with E-state index in [1.807, 2.05) is 124 Å². The van der Waals surface area contributed by atoms with Gasteiger partial charge in [0.25, 0.3) is 0 Å². The number of aliphatic hydroxyl groups excluding tert-OH is 2. The number of hydrogen-bond donors (Lipinski definition) is 11. The number of rotatable bonds is 24. The Bertz CT molecular complexity index is 2840. The summed E-state index contributed by atoms with van der Waals surface area (Å²) in [6, 6.07) is 20.1. The van der Waals surface area contributed by atoms with E-state index in [9.17, 15) is 38.7 Å². The Morgan fingerprint density at radius 3 is 1.45 bits per heavy atom. The summed E-state index contributed by atoms with van der Waals surface area (Å²) in [5, 5.41) is 50.8. The highest BCUT2D eigenvalue weighted by Gasteiger charge is 2.40. The lowest BCUT2D eigenvalue weighted by molar-refractivity contribution is -0.164. The summed E-state index contributed by atoms with van der Waals surface area (Å²) in [5.74, 6) is -3.72. The normalized spacial score (nSPS) is 14.7. The van der Waals surface area contributed by atoms with Crippen LogP contribution in [0.2, 0.25) is 0 Å². The quantitative estimate of drug-likeness (QED) is 0.0289. The van der Waals surface area contributed by atoms with Crippen LogP contribution in [0.1, 0.15) is 167 Å². The van der Waals surface area contributed by atoms with E-state index in [2.05, 4.69) is 46.9 Å². The molecule has 2 aromatic heterocycles. The lowest BCUT2D eigenvalue weighted by Gasteiger charge is -2.37. The van der Waals surface area contributed by atoms with Gasteiger partial charge in [-0.05, 0) is 99.3 Å². The number of amides is 7. The lowest BCUT2D eigenvalue weighted by Crippen LogP contribution is -2.55. The summed E-state index contributed by atoms with van der Waals surface area (Å²) in [5.41, 5.74) is 9.56. The van der Waals surface area contributed by atoms with Gasteiger partial charge in [0.15, 0.2) is 23.7 Å². The fourth-order valence-electron chi connectivity index (χ4n) is 8.21. The number of primary amides is 1. The molecule has 0 aliphatic rings. The van der Waals surface area contributed by atoms with Crippen molar-refractivity contribution in [1.29, 1.82) is 0 Å². The van der Waals surface area contributed by atoms with Crippen LogP contribution in [0.4, 0.5) is 14.4 Å². The van der Waals surface area contributed by atoms with Crippen LogP contribution in [0.5, 0.6) is 0 Å². The second-order valence-electron chi connectivity index (χ2n) is 22.5. The number of urea groups is 2. The van der Waals surface area contributed by atoms with Crippen molar-refractivity contribution in [3.63, 3.8) is 0 Å². The highest BCUT2D eigenvalue weighted by atomic mass is 16.6. The molecule has 0 radical (unpaired) electrons. The summed E-state index contributed by atoms with van der Waals surface area (Å²) in [6.45, 7) is 20.1. The number of aromatic nitrogens is 4. The van der Waals surface area contributed by atoms with E-state index in [0.717, 1.165) is 16.7 Å². The first kappa shape index (κ1) is 68.0. The number of aliphatic hydroxyl groups is 2. The third-order valence-electron chi connectivity index (χ3n) is 11.8. The third-order valence-corrected chi connectivity index (χ3v) is 11.8. The van der Waals surface area contributed by atoms with Crippen LogP contribution >= 0.6 is 0 Å². The van der Waals surface area contributed by atoms with Crippen molar-refractivity contribution in [2.45, 2.75) is 173 Å². The van der Waals surface area contributed by atoms with Crippen molar-refractivity contribution in [2.75, 3.05) is 6.61 Å². The molecule has 5 rings (SSSR count). The molecule has 0 aliphatic heterocycles. The molecule has 5 aromatic rings. The van der Waals surface area contributed by atoms with Gasteiger partial charge >= 0.3 is 30.1 Å². The van der Waals surface area contributed by atoms with Gasteiger partial charge in [-0.25, -0.2) is 24.0 Å². The first-order valence-electron chi connectivity index (χ1n) is 27.0. The number of carboxylic acids is 1. The Labute approximate surface area is 487 Å². The average molecular weight is 1170 g/mol. The minimum atomic E-state index is -1.57. The van der Waals surface area contributed by atoms with Gasteiger partial charge in [0, 0.05) is 0 Å². The Kier molecular flexibility index (Phi) is 24.4. The molecule has 2 unspecified atom stereocenters. The molecule has 0 bridgehead atoms. The zero-order valence-corrected chi connectivity index (χ0v) is 49.3. The molecule has 13 N–H and O–H groups in total. The number of ether oxygens (including phenoxy) is 3. The standard InChI is InChI=1S/C45H60N6O8.C12H20N6O7/c1-12-33(47-41(55)58-44(9,10)11)38-49-37(51-59-38)34(46-40(54)48-36(29(2)56-42(3,4)5)39(53)57-43(6,7)8)28-35(52)50-45(30-22-16-13-17-23-30,31-24-18-14-19-25-31)32-26-20-15-21-27-32;1-4(20)8(11(22)23)16-12(24)15-6(2-7(14)21)9-17-10(25-18-9)5(13)3-19/h13-27,29,33-34,36H,12,28H2,1-11H3,(H,47,55)(H,50,52)(H2,46,48,54);4-6,8,19-20H,2-3,13H2,1H3,(H2,14,21)(H,22,23)(H2,15,16,24)/t29?,33-,34-,36-;4?,5-,6-,8-/m00/s1. The first-order chi connectivity index (χ1) is 39.2. The van der Waals surface area contributed by atoms with Gasteiger partial charge in [0.05, 0.1) is 37.3 Å². The molecule has 7 amide bonds. The fourth-order valence-corrected chi connectivity index (χ4v) is 8.21. The molecular weight excluding hydrogens is 1090 g/mol. The van der Waals surface area contributed by atoms with Gasteiger partial charge in [0.1, 0.15) is 40.9 Å². The number of nitrogens with two attached hydrogens (primary N) is 2. The lowest BCUT2D eigenvalue weighted by atomic mass is 9.77. The average Bonchev–Trinajstić information content (AvgIpc) is 3.88. The molecule has 0 saturated carbocycles. The van der Waals surface area contributed by atoms with Crippen LogP contribution in [-0.2, 0) is 38.9 Å². The maximum atomic E-state index is 14.6. The monoisotopic (exact) mass is 1170 g/mol. The van der Waals surface area contributed by atoms with Gasteiger partial charge in [-0.15, -0.1) is 0 Å². The predicted octanol–water partition coefficient (Wildman–Crippen LogP) is 4.91. The summed E-state index contributed by atoms with van der Waals surface area (Å²) < 4.78 is 27.6. The van der Waals surface area contributed by atoms with Crippen molar-refractivity contribution in [3.05, 3.63) is 131 Å². The summed E-state index contributed by atoms with van der Waals surface area (Å²) in [4.78, 5) is 97.3. The van der Waals surface area contributed by atoms with Crippen molar-refractivity contribution >= 4 is 41.9 Å². The molecule has 8 atom stereocenters. The molecule has 0 fully saturated rings. The summed E-state index contributed by atoms with van der Waals surface area (Å²) in [6.07, 6.45) is -3.29. The number of nitrogens with one attached hydrogen (secondary N) is 6. The number of aliphatic carboxylic acids is 1. The Morgan fingerprint density at radius 1 is 0.607 bits per heavy atom. The Hall–Kier alpha value is -8.53. The SMILES string of the molecule is CC(O)[C@H](NC(=O)N[C@@H](CC(N)=O)c1noc([C@@H](N)CO)n1)C(=O)O.CC[C@H](NC(=O)OC(C)(C)C)c1nc([C@H](CC(=O)NC(c2ccccc2)(c2ccccc2)c2ccccc2)NC(=O)N[C@H](C(=O)OC(C)(C)C)C(C)OC(C)(C)C)no1. The number of carbonyl (C=O) groups is 7. The van der Waals surface area contributed by atoms with Gasteiger partial charge in [-0.1, -0.05) is 108 Å². The Morgan fingerprint density at radius 2 is 1.05 bits per heavy atom. The molecule has 0 saturated heterocycles. The van der Waals surface area contributed by atoms with Crippen LogP contribution in [-0.4, -0.2) is 125 Å². The van der Waals surface area contributed by atoms with E-state index >= 15 is 0 Å². The molecule has 0 spiro atoms. The van der Waals surface area contributed by atoms with Gasteiger partial charge in [-0.2, -0.15) is 9.97 Å². The smallest absolute Gasteiger partial charge is 0.408 e. The van der Waals surface area contributed by atoms with Crippen LogP contribution in [0, 0.1) is 0 Å². The van der Waals surface area contributed by atoms with Gasteiger partial charge < -0.3 is 81.9 Å². The van der Waals surface area contributed by atoms with E-state index < -0.39 is 126 Å². The molecule has 84 heavy (non-hydrogen) atoms. The number of esters is 1. The maximum absolute atomic E-state index is 14.6. The van der Waals surface area contributed by atoms with Crippen molar-refractivity contribution < 1.29 is 72.1 Å². The van der Waals surface area contributed by atoms with E-state index in [1.54, 1.807) is 48.5 Å². The number of benzene rings is 3. The molecule has 0 aliphatic carbocycles. The van der Waals surface area contributed by atoms with E-state index in [4.69, 9.17) is 44.9 Å². The summed E-state index contributed by atoms with van der Waals surface area (Å²) in [7, 11) is 0.